The molecule has 0 bridgehead atoms. The summed E-state index contributed by atoms with van der Waals surface area (Å²) in [5, 5.41) is 0. The summed E-state index contributed by atoms with van der Waals surface area (Å²) >= 11 is 0. The van der Waals surface area contributed by atoms with Gasteiger partial charge in [0.25, 0.3) is 0 Å². The third-order valence-corrected chi connectivity index (χ3v) is 9.51. The van der Waals surface area contributed by atoms with E-state index in [2.05, 4.69) is 27.7 Å². The van der Waals surface area contributed by atoms with Crippen molar-refractivity contribution < 1.29 is 9.53 Å². The summed E-state index contributed by atoms with van der Waals surface area (Å²) in [6.07, 6.45) is 43.8. The molecule has 0 fully saturated rings. The summed E-state index contributed by atoms with van der Waals surface area (Å²) in [5.74, 6) is 0.252. The van der Waals surface area contributed by atoms with Gasteiger partial charge >= 0.3 is 5.97 Å². The lowest BCUT2D eigenvalue weighted by Gasteiger charge is -2.21. The van der Waals surface area contributed by atoms with Crippen molar-refractivity contribution in [2.24, 2.45) is 5.92 Å². The van der Waals surface area contributed by atoms with Crippen LogP contribution in [0, 0.1) is 5.92 Å². The van der Waals surface area contributed by atoms with Crippen molar-refractivity contribution in [3.8, 4) is 0 Å². The summed E-state index contributed by atoms with van der Waals surface area (Å²) in [5.41, 5.74) is 0. The van der Waals surface area contributed by atoms with Crippen LogP contribution in [0.3, 0.4) is 0 Å². The van der Waals surface area contributed by atoms with E-state index in [0.29, 0.717) is 0 Å². The van der Waals surface area contributed by atoms with Gasteiger partial charge in [-0.15, -0.1) is 0 Å². The molecule has 0 spiro atoms. The van der Waals surface area contributed by atoms with Gasteiger partial charge in [-0.3, -0.25) is 4.79 Å². The number of carbonyl (C=O) groups excluding carboxylic acids is 1. The van der Waals surface area contributed by atoms with Crippen LogP contribution in [-0.4, -0.2) is 12.1 Å². The molecule has 0 amide bonds. The number of hydrogen-bond acceptors (Lipinski definition) is 2. The van der Waals surface area contributed by atoms with Crippen LogP contribution in [-0.2, 0) is 9.53 Å². The first-order chi connectivity index (χ1) is 20.7. The van der Waals surface area contributed by atoms with Crippen LogP contribution < -0.4 is 0 Å². The second-order valence-corrected chi connectivity index (χ2v) is 13.7. The fourth-order valence-electron chi connectivity index (χ4n) is 6.43. The third kappa shape index (κ3) is 29.5. The summed E-state index contributed by atoms with van der Waals surface area (Å²) in [7, 11) is 0. The molecule has 0 aliphatic heterocycles. The van der Waals surface area contributed by atoms with Gasteiger partial charge in [0.2, 0.25) is 0 Å². The zero-order valence-electron chi connectivity index (χ0n) is 29.8. The van der Waals surface area contributed by atoms with E-state index >= 15 is 0 Å². The van der Waals surface area contributed by atoms with Crippen LogP contribution in [0.1, 0.15) is 240 Å². The summed E-state index contributed by atoms with van der Waals surface area (Å²) in [6, 6.07) is 0. The lowest BCUT2D eigenvalue weighted by molar-refractivity contribution is -0.155. The Morgan fingerprint density at radius 2 is 0.643 bits per heavy atom. The molecule has 2 heteroatoms. The van der Waals surface area contributed by atoms with Gasteiger partial charge in [0.05, 0.1) is 5.92 Å². The Hall–Kier alpha value is -0.530. The molecule has 0 aromatic carbocycles. The highest BCUT2D eigenvalue weighted by molar-refractivity contribution is 5.72. The molecule has 0 heterocycles. The van der Waals surface area contributed by atoms with E-state index in [4.69, 9.17) is 4.74 Å². The van der Waals surface area contributed by atoms with Gasteiger partial charge in [-0.1, -0.05) is 207 Å². The van der Waals surface area contributed by atoms with E-state index in [0.717, 1.165) is 25.7 Å². The van der Waals surface area contributed by atoms with Crippen LogP contribution in [0.15, 0.2) is 0 Å². The Bertz CT molecular complexity index is 516. The maximum Gasteiger partial charge on any atom is 0.309 e. The molecule has 2 atom stereocenters. The predicted molar refractivity (Wildman–Crippen MR) is 188 cm³/mol. The average molecular weight is 593 g/mol. The molecular weight excluding hydrogens is 512 g/mol. The van der Waals surface area contributed by atoms with Crippen LogP contribution in [0.2, 0.25) is 0 Å². The van der Waals surface area contributed by atoms with E-state index in [1.54, 1.807) is 0 Å². The SMILES string of the molecule is CCCCCCCCCCCCCCCCC(CCCCCCCCCCCCCC)C(=O)OC(CC)CCCCC. The Morgan fingerprint density at radius 1 is 0.381 bits per heavy atom. The summed E-state index contributed by atoms with van der Waals surface area (Å²) < 4.78 is 6.10. The highest BCUT2D eigenvalue weighted by Crippen LogP contribution is 2.23. The molecular formula is C40H80O2. The molecule has 0 aliphatic rings. The maximum atomic E-state index is 13.2. The molecule has 0 aliphatic carbocycles. The molecule has 0 N–H and O–H groups in total. The van der Waals surface area contributed by atoms with E-state index in [1.807, 2.05) is 0 Å². The lowest BCUT2D eigenvalue weighted by Crippen LogP contribution is -2.24. The highest BCUT2D eigenvalue weighted by Gasteiger charge is 2.22. The second-order valence-electron chi connectivity index (χ2n) is 13.7. The summed E-state index contributed by atoms with van der Waals surface area (Å²) in [4.78, 5) is 13.2. The number of unbranched alkanes of at least 4 members (excludes halogenated alkanes) is 26. The van der Waals surface area contributed by atoms with Gasteiger partial charge in [0.1, 0.15) is 6.10 Å². The molecule has 0 rings (SSSR count). The number of ether oxygens (including phenoxy) is 1. The molecule has 2 unspecified atom stereocenters. The standard InChI is InChI=1S/C40H80O2/c1-5-9-12-14-16-18-20-22-23-25-27-29-31-34-36-38(40(41)42-39(8-4)37-32-11-7-3)35-33-30-28-26-24-21-19-17-15-13-10-6-2/h38-39H,5-37H2,1-4H3. The minimum atomic E-state index is 0.121. The smallest absolute Gasteiger partial charge is 0.309 e. The average Bonchev–Trinajstić information content (AvgIpc) is 3.00. The Kier molecular flexibility index (Phi) is 34.5. The molecule has 0 aromatic heterocycles. The van der Waals surface area contributed by atoms with Gasteiger partial charge in [0, 0.05) is 0 Å². The van der Waals surface area contributed by atoms with Crippen molar-refractivity contribution in [1.82, 2.24) is 0 Å². The molecule has 0 saturated carbocycles. The van der Waals surface area contributed by atoms with Gasteiger partial charge in [-0.2, -0.15) is 0 Å². The van der Waals surface area contributed by atoms with Gasteiger partial charge in [0.15, 0.2) is 0 Å². The largest absolute Gasteiger partial charge is 0.462 e. The number of esters is 1. The maximum absolute atomic E-state index is 13.2. The first-order valence-corrected chi connectivity index (χ1v) is 19.9. The summed E-state index contributed by atoms with van der Waals surface area (Å²) in [6.45, 7) is 9.01. The van der Waals surface area contributed by atoms with Crippen LogP contribution in [0.5, 0.6) is 0 Å². The zero-order chi connectivity index (χ0) is 30.8. The number of carbonyl (C=O) groups is 1. The van der Waals surface area contributed by atoms with Gasteiger partial charge < -0.3 is 4.74 Å². The molecule has 2 nitrogen and oxygen atoms in total. The Balaban J connectivity index is 4.14. The van der Waals surface area contributed by atoms with Crippen LogP contribution in [0.4, 0.5) is 0 Å². The quantitative estimate of drug-likeness (QED) is 0.0540. The first-order valence-electron chi connectivity index (χ1n) is 19.9. The first kappa shape index (κ1) is 41.5. The highest BCUT2D eigenvalue weighted by atomic mass is 16.5. The van der Waals surface area contributed by atoms with Crippen molar-refractivity contribution in [1.29, 1.82) is 0 Å². The van der Waals surface area contributed by atoms with Crippen molar-refractivity contribution in [2.75, 3.05) is 0 Å². The van der Waals surface area contributed by atoms with Gasteiger partial charge in [-0.25, -0.2) is 0 Å². The number of rotatable bonds is 35. The molecule has 42 heavy (non-hydrogen) atoms. The predicted octanol–water partition coefficient (Wildman–Crippen LogP) is 14.5. The van der Waals surface area contributed by atoms with Gasteiger partial charge in [-0.05, 0) is 32.1 Å². The Morgan fingerprint density at radius 3 is 0.952 bits per heavy atom. The van der Waals surface area contributed by atoms with E-state index in [1.165, 1.54) is 186 Å². The molecule has 0 radical (unpaired) electrons. The molecule has 252 valence electrons. The fraction of sp³-hybridized carbons (Fsp3) is 0.975. The Labute approximate surface area is 266 Å². The fourth-order valence-corrected chi connectivity index (χ4v) is 6.43. The van der Waals surface area contributed by atoms with E-state index in [-0.39, 0.29) is 18.0 Å². The lowest BCUT2D eigenvalue weighted by atomic mass is 9.93. The second kappa shape index (κ2) is 35.0. The minimum Gasteiger partial charge on any atom is -0.462 e. The zero-order valence-corrected chi connectivity index (χ0v) is 29.8. The molecule has 0 saturated heterocycles. The van der Waals surface area contributed by atoms with Crippen LogP contribution >= 0.6 is 0 Å². The van der Waals surface area contributed by atoms with E-state index in [9.17, 15) is 4.79 Å². The van der Waals surface area contributed by atoms with Crippen molar-refractivity contribution in [2.45, 2.75) is 246 Å². The van der Waals surface area contributed by atoms with Crippen LogP contribution in [0.25, 0.3) is 0 Å². The number of hydrogen-bond donors (Lipinski definition) is 0. The van der Waals surface area contributed by atoms with Crippen molar-refractivity contribution in [3.63, 3.8) is 0 Å². The van der Waals surface area contributed by atoms with E-state index < -0.39 is 0 Å². The van der Waals surface area contributed by atoms with Crippen molar-refractivity contribution >= 4 is 5.97 Å². The third-order valence-electron chi connectivity index (χ3n) is 9.51. The van der Waals surface area contributed by atoms with Crippen molar-refractivity contribution in [3.05, 3.63) is 0 Å². The monoisotopic (exact) mass is 593 g/mol. The minimum absolute atomic E-state index is 0.121. The normalized spacial score (nSPS) is 13.0. The molecule has 0 aromatic rings. The topological polar surface area (TPSA) is 26.3 Å².